The summed E-state index contributed by atoms with van der Waals surface area (Å²) >= 11 is 0. The SMILES string of the molecule is COC(=O)c1cccc(Nc2cc3c(cn2)n(C)c(=O)n3C2CCCC2)n1. The molecule has 8 nitrogen and oxygen atoms in total. The lowest BCUT2D eigenvalue weighted by Crippen LogP contribution is -2.24. The van der Waals surface area contributed by atoms with Crippen molar-refractivity contribution < 1.29 is 9.53 Å². The van der Waals surface area contributed by atoms with E-state index in [0.717, 1.165) is 36.7 Å². The molecule has 1 N–H and O–H groups in total. The maximum Gasteiger partial charge on any atom is 0.356 e. The first-order valence-corrected chi connectivity index (χ1v) is 8.98. The third kappa shape index (κ3) is 3.07. The first kappa shape index (κ1) is 17.3. The number of ether oxygens (including phenoxy) is 1. The third-order valence-corrected chi connectivity index (χ3v) is 5.07. The highest BCUT2D eigenvalue weighted by molar-refractivity contribution is 5.87. The molecule has 27 heavy (non-hydrogen) atoms. The maximum atomic E-state index is 12.7. The van der Waals surface area contributed by atoms with Crippen molar-refractivity contribution in [2.45, 2.75) is 31.7 Å². The molecule has 0 atom stereocenters. The number of hydrogen-bond donors (Lipinski definition) is 1. The van der Waals surface area contributed by atoms with Crippen molar-refractivity contribution in [1.29, 1.82) is 0 Å². The largest absolute Gasteiger partial charge is 0.464 e. The molecule has 0 amide bonds. The van der Waals surface area contributed by atoms with E-state index in [-0.39, 0.29) is 17.4 Å². The van der Waals surface area contributed by atoms with Gasteiger partial charge in [0.1, 0.15) is 11.6 Å². The van der Waals surface area contributed by atoms with Crippen LogP contribution in [0.5, 0.6) is 0 Å². The summed E-state index contributed by atoms with van der Waals surface area (Å²) in [7, 11) is 3.09. The van der Waals surface area contributed by atoms with Crippen molar-refractivity contribution in [3.63, 3.8) is 0 Å². The quantitative estimate of drug-likeness (QED) is 0.713. The number of nitrogens with one attached hydrogen (secondary N) is 1. The van der Waals surface area contributed by atoms with E-state index in [1.165, 1.54) is 7.11 Å². The van der Waals surface area contributed by atoms with Crippen LogP contribution in [0, 0.1) is 0 Å². The second kappa shape index (κ2) is 6.86. The van der Waals surface area contributed by atoms with Gasteiger partial charge in [-0.25, -0.2) is 19.6 Å². The Morgan fingerprint density at radius 2 is 2.00 bits per heavy atom. The maximum absolute atomic E-state index is 12.7. The molecule has 0 unspecified atom stereocenters. The van der Waals surface area contributed by atoms with Crippen LogP contribution >= 0.6 is 0 Å². The molecular formula is C19H21N5O3. The van der Waals surface area contributed by atoms with Crippen LogP contribution in [-0.2, 0) is 11.8 Å². The molecule has 3 aromatic heterocycles. The van der Waals surface area contributed by atoms with Crippen LogP contribution in [-0.4, -0.2) is 32.2 Å². The fourth-order valence-electron chi connectivity index (χ4n) is 3.69. The zero-order chi connectivity index (χ0) is 19.0. The first-order chi connectivity index (χ1) is 13.1. The standard InChI is InChI=1S/C19H21N5O3/c1-23-15-11-20-17(22-16-9-5-8-13(21-16)18(25)27-2)10-14(15)24(19(23)26)12-6-3-4-7-12/h5,8-12H,3-4,6-7H2,1-2H3,(H,20,21,22). The molecule has 0 spiro atoms. The van der Waals surface area contributed by atoms with Gasteiger partial charge in [0.05, 0.1) is 24.3 Å². The Morgan fingerprint density at radius 1 is 1.22 bits per heavy atom. The molecule has 3 heterocycles. The lowest BCUT2D eigenvalue weighted by Gasteiger charge is -2.12. The van der Waals surface area contributed by atoms with E-state index in [1.54, 1.807) is 36.0 Å². The van der Waals surface area contributed by atoms with E-state index in [4.69, 9.17) is 4.74 Å². The number of aryl methyl sites for hydroxylation is 1. The predicted molar refractivity (Wildman–Crippen MR) is 101 cm³/mol. The van der Waals surface area contributed by atoms with Crippen LogP contribution in [0.4, 0.5) is 11.6 Å². The highest BCUT2D eigenvalue weighted by Crippen LogP contribution is 2.31. The van der Waals surface area contributed by atoms with Gasteiger partial charge in [0.15, 0.2) is 5.69 Å². The molecule has 0 bridgehead atoms. The van der Waals surface area contributed by atoms with Crippen molar-refractivity contribution in [1.82, 2.24) is 19.1 Å². The van der Waals surface area contributed by atoms with Crippen molar-refractivity contribution >= 4 is 28.6 Å². The number of anilines is 2. The summed E-state index contributed by atoms with van der Waals surface area (Å²) in [4.78, 5) is 33.0. The summed E-state index contributed by atoms with van der Waals surface area (Å²) in [6.45, 7) is 0. The number of carbonyl (C=O) groups is 1. The summed E-state index contributed by atoms with van der Waals surface area (Å²) < 4.78 is 8.22. The van der Waals surface area contributed by atoms with Gasteiger partial charge in [0.2, 0.25) is 0 Å². The zero-order valence-electron chi connectivity index (χ0n) is 15.3. The van der Waals surface area contributed by atoms with Crippen LogP contribution in [0.3, 0.4) is 0 Å². The van der Waals surface area contributed by atoms with Crippen LogP contribution in [0.2, 0.25) is 0 Å². The number of methoxy groups -OCH3 is 1. The highest BCUT2D eigenvalue weighted by atomic mass is 16.5. The number of esters is 1. The average Bonchev–Trinajstić information content (AvgIpc) is 3.29. The number of nitrogens with zero attached hydrogens (tertiary/aromatic N) is 4. The molecule has 0 aliphatic heterocycles. The molecule has 140 valence electrons. The topological polar surface area (TPSA) is 91.0 Å². The second-order valence-electron chi connectivity index (χ2n) is 6.73. The molecule has 8 heteroatoms. The van der Waals surface area contributed by atoms with E-state index in [2.05, 4.69) is 15.3 Å². The first-order valence-electron chi connectivity index (χ1n) is 8.98. The minimum Gasteiger partial charge on any atom is -0.464 e. The molecule has 3 aromatic rings. The van der Waals surface area contributed by atoms with Gasteiger partial charge in [0.25, 0.3) is 0 Å². The molecule has 1 saturated carbocycles. The molecule has 1 aliphatic carbocycles. The summed E-state index contributed by atoms with van der Waals surface area (Å²) in [6.07, 6.45) is 6.02. The number of imidazole rings is 1. The number of pyridine rings is 2. The Labute approximate surface area is 155 Å². The van der Waals surface area contributed by atoms with E-state index < -0.39 is 5.97 Å². The number of aromatic nitrogens is 4. The average molecular weight is 367 g/mol. The van der Waals surface area contributed by atoms with Crippen LogP contribution in [0.15, 0.2) is 35.3 Å². The fourth-order valence-corrected chi connectivity index (χ4v) is 3.69. The Kier molecular flexibility index (Phi) is 4.39. The lowest BCUT2D eigenvalue weighted by molar-refractivity contribution is 0.0594. The van der Waals surface area contributed by atoms with Crippen molar-refractivity contribution in [2.24, 2.45) is 7.05 Å². The summed E-state index contributed by atoms with van der Waals surface area (Å²) in [5.74, 6) is 0.546. The van der Waals surface area contributed by atoms with Gasteiger partial charge in [-0.2, -0.15) is 0 Å². The zero-order valence-corrected chi connectivity index (χ0v) is 15.3. The van der Waals surface area contributed by atoms with E-state index in [1.807, 2.05) is 10.6 Å². The van der Waals surface area contributed by atoms with Crippen molar-refractivity contribution in [3.05, 3.63) is 46.6 Å². The minimum atomic E-state index is -0.500. The molecule has 4 rings (SSSR count). The second-order valence-corrected chi connectivity index (χ2v) is 6.73. The minimum absolute atomic E-state index is 0.0123. The van der Waals surface area contributed by atoms with Gasteiger partial charge in [0, 0.05) is 19.2 Å². The summed E-state index contributed by atoms with van der Waals surface area (Å²) in [6, 6.07) is 7.14. The van der Waals surface area contributed by atoms with Crippen LogP contribution < -0.4 is 11.0 Å². The molecule has 0 aromatic carbocycles. The Hall–Kier alpha value is -3.16. The van der Waals surface area contributed by atoms with Gasteiger partial charge >= 0.3 is 11.7 Å². The Bertz CT molecular complexity index is 1060. The molecule has 0 saturated heterocycles. The van der Waals surface area contributed by atoms with E-state index in [9.17, 15) is 9.59 Å². The number of carbonyl (C=O) groups excluding carboxylic acids is 1. The van der Waals surface area contributed by atoms with Crippen LogP contribution in [0.1, 0.15) is 42.2 Å². The number of fused-ring (bicyclic) bond motifs is 1. The predicted octanol–water partition coefficient (Wildman–Crippen LogP) is 2.78. The summed E-state index contributed by atoms with van der Waals surface area (Å²) in [5.41, 5.74) is 1.86. The van der Waals surface area contributed by atoms with Gasteiger partial charge in [-0.3, -0.25) is 9.13 Å². The third-order valence-electron chi connectivity index (χ3n) is 5.07. The van der Waals surface area contributed by atoms with Crippen molar-refractivity contribution in [2.75, 3.05) is 12.4 Å². The van der Waals surface area contributed by atoms with E-state index in [0.29, 0.717) is 11.6 Å². The summed E-state index contributed by atoms with van der Waals surface area (Å²) in [5, 5.41) is 3.11. The molecule has 0 radical (unpaired) electrons. The molecule has 1 fully saturated rings. The van der Waals surface area contributed by atoms with E-state index >= 15 is 0 Å². The molecular weight excluding hydrogens is 346 g/mol. The fraction of sp³-hybridized carbons (Fsp3) is 0.368. The van der Waals surface area contributed by atoms with Crippen LogP contribution in [0.25, 0.3) is 11.0 Å². The normalized spacial score (nSPS) is 14.6. The lowest BCUT2D eigenvalue weighted by atomic mass is 10.2. The molecule has 1 aliphatic rings. The monoisotopic (exact) mass is 367 g/mol. The smallest absolute Gasteiger partial charge is 0.356 e. The van der Waals surface area contributed by atoms with Gasteiger partial charge in [-0.15, -0.1) is 0 Å². The number of hydrogen-bond acceptors (Lipinski definition) is 6. The number of rotatable bonds is 4. The van der Waals surface area contributed by atoms with Gasteiger partial charge < -0.3 is 10.1 Å². The Balaban J connectivity index is 1.72. The highest BCUT2D eigenvalue weighted by Gasteiger charge is 2.23. The van der Waals surface area contributed by atoms with Gasteiger partial charge in [-0.1, -0.05) is 18.9 Å². The van der Waals surface area contributed by atoms with Crippen molar-refractivity contribution in [3.8, 4) is 0 Å². The van der Waals surface area contributed by atoms with Gasteiger partial charge in [-0.05, 0) is 25.0 Å². The Morgan fingerprint density at radius 3 is 2.74 bits per heavy atom.